The van der Waals surface area contributed by atoms with Crippen molar-refractivity contribution in [2.75, 3.05) is 39.6 Å². The number of phosphoric acid groups is 2. The Labute approximate surface area is 571 Å². The van der Waals surface area contributed by atoms with Crippen molar-refractivity contribution >= 4 is 39.5 Å². The van der Waals surface area contributed by atoms with Gasteiger partial charge in [-0.15, -0.1) is 0 Å². The summed E-state index contributed by atoms with van der Waals surface area (Å²) in [4.78, 5) is 72.7. The molecule has 0 aromatic carbocycles. The van der Waals surface area contributed by atoms with E-state index in [2.05, 4.69) is 88.5 Å². The molecule has 0 amide bonds. The Hall–Kier alpha value is -3.24. The Balaban J connectivity index is 5.29. The summed E-state index contributed by atoms with van der Waals surface area (Å²) < 4.78 is 68.4. The minimum absolute atomic E-state index is 0.0869. The smallest absolute Gasteiger partial charge is 0.462 e. The summed E-state index contributed by atoms with van der Waals surface area (Å²) in [7, 11) is -9.93. The lowest BCUT2D eigenvalue weighted by Crippen LogP contribution is -2.30. The van der Waals surface area contributed by atoms with Crippen molar-refractivity contribution in [3.8, 4) is 0 Å². The molecule has 19 heteroatoms. The van der Waals surface area contributed by atoms with Crippen LogP contribution < -0.4 is 0 Å². The Morgan fingerprint density at radius 1 is 0.309 bits per heavy atom. The molecule has 5 atom stereocenters. The first-order chi connectivity index (χ1) is 45.7. The van der Waals surface area contributed by atoms with E-state index in [1.807, 2.05) is 0 Å². The second-order valence-corrected chi connectivity index (χ2v) is 28.1. The highest BCUT2D eigenvalue weighted by atomic mass is 31.2. The first-order valence-electron chi connectivity index (χ1n) is 37.5. The SMILES string of the molecule is CC/C=C\C/C=C\C/C=C\CCCCCCCCCC(=O)OCC(COP(=O)(O)OCC(O)COP(=O)(O)OCC(COC(=O)CCCCCCC/C=C\CCCCCC)OC(=O)CCCCCCC/C=C\CCCC)OC(=O)CCCCCCCCCCCCCCC. The van der Waals surface area contributed by atoms with Crippen LogP contribution in [0.2, 0.25) is 0 Å². The first kappa shape index (κ1) is 90.8. The van der Waals surface area contributed by atoms with Gasteiger partial charge in [0.15, 0.2) is 12.2 Å². The molecule has 0 aliphatic carbocycles. The zero-order chi connectivity index (χ0) is 69.0. The number of aliphatic hydroxyl groups is 1. The minimum atomic E-state index is -4.97. The van der Waals surface area contributed by atoms with Crippen LogP contribution in [0.3, 0.4) is 0 Å². The van der Waals surface area contributed by atoms with Crippen LogP contribution in [-0.4, -0.2) is 96.7 Å². The quantitative estimate of drug-likeness (QED) is 0.0169. The topological polar surface area (TPSA) is 237 Å². The molecular weight excluding hydrogens is 1230 g/mol. The number of allylic oxidation sites excluding steroid dienone is 10. The molecule has 0 heterocycles. The highest BCUT2D eigenvalue weighted by molar-refractivity contribution is 7.47. The fourth-order valence-corrected chi connectivity index (χ4v) is 11.8. The van der Waals surface area contributed by atoms with E-state index in [0.29, 0.717) is 25.7 Å². The molecule has 0 spiro atoms. The summed E-state index contributed by atoms with van der Waals surface area (Å²) in [5, 5.41) is 10.6. The highest BCUT2D eigenvalue weighted by Crippen LogP contribution is 2.45. The molecule has 0 aliphatic rings. The highest BCUT2D eigenvalue weighted by Gasteiger charge is 2.30. The Morgan fingerprint density at radius 3 is 0.904 bits per heavy atom. The van der Waals surface area contributed by atoms with Crippen molar-refractivity contribution in [3.63, 3.8) is 0 Å². The van der Waals surface area contributed by atoms with E-state index in [1.165, 1.54) is 89.9 Å². The van der Waals surface area contributed by atoms with Crippen LogP contribution in [-0.2, 0) is 65.4 Å². The molecule has 5 unspecified atom stereocenters. The molecule has 0 radical (unpaired) electrons. The Bertz CT molecular complexity index is 2030. The average Bonchev–Trinajstić information content (AvgIpc) is 2.15. The van der Waals surface area contributed by atoms with Crippen molar-refractivity contribution in [1.82, 2.24) is 0 Å². The monoisotopic (exact) mass is 1370 g/mol. The van der Waals surface area contributed by atoms with E-state index >= 15 is 0 Å². The van der Waals surface area contributed by atoms with E-state index in [4.69, 9.17) is 37.0 Å². The molecule has 0 fully saturated rings. The molecule has 94 heavy (non-hydrogen) atoms. The number of unbranched alkanes of at least 4 members (excludes halogenated alkanes) is 35. The van der Waals surface area contributed by atoms with E-state index in [0.717, 1.165) is 167 Å². The number of ether oxygens (including phenoxy) is 4. The fourth-order valence-electron chi connectivity index (χ4n) is 10.2. The Kier molecular flexibility index (Phi) is 65.9. The summed E-state index contributed by atoms with van der Waals surface area (Å²) in [6.07, 6.45) is 65.0. The molecule has 0 bridgehead atoms. The van der Waals surface area contributed by atoms with Crippen molar-refractivity contribution in [1.29, 1.82) is 0 Å². The van der Waals surface area contributed by atoms with Gasteiger partial charge in [0.05, 0.1) is 26.4 Å². The van der Waals surface area contributed by atoms with Gasteiger partial charge in [-0.3, -0.25) is 37.3 Å². The van der Waals surface area contributed by atoms with Crippen LogP contribution in [0.1, 0.15) is 336 Å². The van der Waals surface area contributed by atoms with E-state index in [1.54, 1.807) is 0 Å². The van der Waals surface area contributed by atoms with Crippen LogP contribution >= 0.6 is 15.6 Å². The maximum atomic E-state index is 13.1. The molecular formula is C75H136O17P2. The molecule has 0 saturated carbocycles. The van der Waals surface area contributed by atoms with Crippen molar-refractivity contribution in [3.05, 3.63) is 60.8 Å². The first-order valence-corrected chi connectivity index (χ1v) is 40.5. The largest absolute Gasteiger partial charge is 0.472 e. The van der Waals surface area contributed by atoms with Gasteiger partial charge >= 0.3 is 39.5 Å². The molecule has 548 valence electrons. The number of rotatable bonds is 71. The lowest BCUT2D eigenvalue weighted by Gasteiger charge is -2.21. The van der Waals surface area contributed by atoms with E-state index in [-0.39, 0.29) is 25.7 Å². The third kappa shape index (κ3) is 67.3. The van der Waals surface area contributed by atoms with E-state index < -0.39 is 97.5 Å². The predicted molar refractivity (Wildman–Crippen MR) is 381 cm³/mol. The Morgan fingerprint density at radius 2 is 0.564 bits per heavy atom. The van der Waals surface area contributed by atoms with Crippen molar-refractivity contribution in [2.24, 2.45) is 0 Å². The molecule has 0 saturated heterocycles. The van der Waals surface area contributed by atoms with Crippen LogP contribution in [0.15, 0.2) is 60.8 Å². The number of carbonyl (C=O) groups is 4. The van der Waals surface area contributed by atoms with Gasteiger partial charge in [-0.2, -0.15) is 0 Å². The van der Waals surface area contributed by atoms with Gasteiger partial charge in [0.25, 0.3) is 0 Å². The van der Waals surface area contributed by atoms with Crippen molar-refractivity contribution in [2.45, 2.75) is 354 Å². The molecule has 0 aromatic heterocycles. The number of aliphatic hydroxyl groups excluding tert-OH is 1. The second kappa shape index (κ2) is 68.3. The van der Waals surface area contributed by atoms with Gasteiger partial charge in [-0.25, -0.2) is 9.13 Å². The number of esters is 4. The van der Waals surface area contributed by atoms with Gasteiger partial charge in [-0.1, -0.05) is 268 Å². The zero-order valence-electron chi connectivity index (χ0n) is 59.6. The number of phosphoric ester groups is 2. The lowest BCUT2D eigenvalue weighted by molar-refractivity contribution is -0.161. The van der Waals surface area contributed by atoms with Crippen LogP contribution in [0.4, 0.5) is 0 Å². The number of hydrogen-bond acceptors (Lipinski definition) is 15. The van der Waals surface area contributed by atoms with Gasteiger partial charge in [0.1, 0.15) is 19.3 Å². The molecule has 17 nitrogen and oxygen atoms in total. The lowest BCUT2D eigenvalue weighted by atomic mass is 10.0. The van der Waals surface area contributed by atoms with Crippen LogP contribution in [0.25, 0.3) is 0 Å². The molecule has 3 N–H and O–H groups in total. The van der Waals surface area contributed by atoms with E-state index in [9.17, 15) is 43.2 Å². The number of hydrogen-bond donors (Lipinski definition) is 3. The number of carbonyl (C=O) groups excluding carboxylic acids is 4. The summed E-state index contributed by atoms with van der Waals surface area (Å²) in [5.74, 6) is -2.18. The summed E-state index contributed by atoms with van der Waals surface area (Å²) in [6.45, 7) is 4.72. The minimum Gasteiger partial charge on any atom is -0.462 e. The van der Waals surface area contributed by atoms with Gasteiger partial charge in [0.2, 0.25) is 0 Å². The van der Waals surface area contributed by atoms with Gasteiger partial charge in [-0.05, 0) is 103 Å². The van der Waals surface area contributed by atoms with Crippen LogP contribution in [0, 0.1) is 0 Å². The maximum absolute atomic E-state index is 13.1. The third-order valence-electron chi connectivity index (χ3n) is 16.0. The summed E-state index contributed by atoms with van der Waals surface area (Å²) in [5.41, 5.74) is 0. The summed E-state index contributed by atoms with van der Waals surface area (Å²) >= 11 is 0. The third-order valence-corrected chi connectivity index (χ3v) is 17.9. The standard InChI is InChI=1S/C75H136O17P2/c1-5-9-13-17-21-25-29-32-33-34-35-38-41-44-48-52-56-60-73(78)86-66-71(92-75(80)62-58-54-50-46-42-37-31-27-23-19-15-11-7-3)68-90-94(83,84)88-64-69(76)63-87-93(81,82)89-67-70(91-74(79)61-57-53-49-45-39-28-24-20-16-12-8-4)65-85-72(77)59-55-51-47-43-40-36-30-26-22-18-14-10-6-2/h9,13,20-21,24-26,30,32-33,69-71,76H,5-8,10-12,14-19,22-23,27-29,31,34-68H2,1-4H3,(H,81,82)(H,83,84)/b13-9-,24-20-,25-21-,30-26-,33-32-. The summed E-state index contributed by atoms with van der Waals surface area (Å²) in [6, 6.07) is 0. The van der Waals surface area contributed by atoms with Gasteiger partial charge in [0, 0.05) is 25.7 Å². The normalized spacial score (nSPS) is 14.3. The van der Waals surface area contributed by atoms with Crippen LogP contribution in [0.5, 0.6) is 0 Å². The maximum Gasteiger partial charge on any atom is 0.472 e. The van der Waals surface area contributed by atoms with Crippen molar-refractivity contribution < 1.29 is 80.2 Å². The fraction of sp³-hybridized carbons (Fsp3) is 0.813. The molecule has 0 aromatic rings. The predicted octanol–water partition coefficient (Wildman–Crippen LogP) is 21.1. The molecule has 0 aliphatic heterocycles. The molecule has 0 rings (SSSR count). The zero-order valence-corrected chi connectivity index (χ0v) is 61.4. The van der Waals surface area contributed by atoms with Gasteiger partial charge < -0.3 is 33.8 Å². The second-order valence-electron chi connectivity index (χ2n) is 25.2. The average molecular weight is 1370 g/mol.